The quantitative estimate of drug-likeness (QED) is 0.583. The van der Waals surface area contributed by atoms with Gasteiger partial charge in [-0.25, -0.2) is 4.79 Å². The van der Waals surface area contributed by atoms with Crippen molar-refractivity contribution >= 4 is 40.4 Å². The highest BCUT2D eigenvalue weighted by Crippen LogP contribution is 2.28. The Kier molecular flexibility index (Phi) is 6.31. The molecule has 7 nitrogen and oxygen atoms in total. The van der Waals surface area contributed by atoms with E-state index in [0.29, 0.717) is 21.6 Å². The fourth-order valence-corrected chi connectivity index (χ4v) is 2.78. The lowest BCUT2D eigenvalue weighted by Gasteiger charge is -2.07. The smallest absolute Gasteiger partial charge is 0.387 e. The Morgan fingerprint density at radius 2 is 1.83 bits per heavy atom. The first-order valence-electron chi connectivity index (χ1n) is 8.49. The van der Waals surface area contributed by atoms with Gasteiger partial charge in [0.1, 0.15) is 11.3 Å². The molecule has 1 heterocycles. The molecule has 0 aliphatic carbocycles. The second-order valence-electron chi connectivity index (χ2n) is 6.05. The van der Waals surface area contributed by atoms with Gasteiger partial charge in [-0.15, -0.1) is 0 Å². The average Bonchev–Trinajstić information content (AvgIpc) is 3.02. The zero-order valence-electron chi connectivity index (χ0n) is 15.4. The van der Waals surface area contributed by atoms with E-state index < -0.39 is 31.0 Å². The number of hydrogen-bond acceptors (Lipinski definition) is 6. The van der Waals surface area contributed by atoms with Gasteiger partial charge in [-0.3, -0.25) is 14.9 Å². The van der Waals surface area contributed by atoms with E-state index in [-0.39, 0.29) is 17.1 Å². The van der Waals surface area contributed by atoms with E-state index in [2.05, 4.69) is 4.74 Å². The lowest BCUT2D eigenvalue weighted by molar-refractivity contribution is -0.123. The van der Waals surface area contributed by atoms with Crippen molar-refractivity contribution in [2.45, 2.75) is 13.5 Å². The molecular weight excluding hydrogens is 424 g/mol. The number of fused-ring (bicyclic) bond motifs is 1. The van der Waals surface area contributed by atoms with Crippen molar-refractivity contribution in [3.63, 3.8) is 0 Å². The largest absolute Gasteiger partial charge is 0.450 e. The van der Waals surface area contributed by atoms with E-state index in [9.17, 15) is 23.2 Å². The molecule has 0 aliphatic rings. The predicted octanol–water partition coefficient (Wildman–Crippen LogP) is 4.11. The summed E-state index contributed by atoms with van der Waals surface area (Å²) in [5.74, 6) is -2.77. The Morgan fingerprint density at radius 3 is 2.50 bits per heavy atom. The topological polar surface area (TPSA) is 94.8 Å². The van der Waals surface area contributed by atoms with Crippen molar-refractivity contribution < 1.29 is 37.1 Å². The molecule has 30 heavy (non-hydrogen) atoms. The molecule has 0 bridgehead atoms. The SMILES string of the molecule is Cc1c(C(=O)OCC(=O)NC(=O)c2ccc(OC(F)F)cc2)oc2ccc(Cl)cc12. The maximum Gasteiger partial charge on any atom is 0.387 e. The molecule has 0 spiro atoms. The number of nitrogens with one attached hydrogen (secondary N) is 1. The van der Waals surface area contributed by atoms with Crippen LogP contribution in [0.4, 0.5) is 8.78 Å². The first kappa shape index (κ1) is 21.3. The standard InChI is InChI=1S/C20H14ClF2NO6/c1-10-14-8-12(21)4-7-15(14)30-17(10)19(27)28-9-16(25)24-18(26)11-2-5-13(6-3-11)29-20(22)23/h2-8,20H,9H2,1H3,(H,24,25,26). The van der Waals surface area contributed by atoms with Crippen LogP contribution in [0.1, 0.15) is 26.5 Å². The Labute approximate surface area is 173 Å². The minimum Gasteiger partial charge on any atom is -0.450 e. The summed E-state index contributed by atoms with van der Waals surface area (Å²) in [4.78, 5) is 36.1. The highest BCUT2D eigenvalue weighted by Gasteiger charge is 2.21. The molecule has 3 aromatic rings. The van der Waals surface area contributed by atoms with Crippen LogP contribution in [-0.2, 0) is 9.53 Å². The highest BCUT2D eigenvalue weighted by atomic mass is 35.5. The van der Waals surface area contributed by atoms with E-state index in [1.807, 2.05) is 5.32 Å². The minimum atomic E-state index is -2.99. The van der Waals surface area contributed by atoms with Crippen molar-refractivity contribution in [2.75, 3.05) is 6.61 Å². The van der Waals surface area contributed by atoms with Crippen LogP contribution in [0.15, 0.2) is 46.9 Å². The molecule has 1 aromatic heterocycles. The molecule has 2 aromatic carbocycles. The predicted molar refractivity (Wildman–Crippen MR) is 102 cm³/mol. The summed E-state index contributed by atoms with van der Waals surface area (Å²) in [6.45, 7) is -2.08. The first-order chi connectivity index (χ1) is 14.2. The van der Waals surface area contributed by atoms with E-state index in [1.165, 1.54) is 12.1 Å². The van der Waals surface area contributed by atoms with Gasteiger partial charge in [0.25, 0.3) is 11.8 Å². The lowest BCUT2D eigenvalue weighted by atomic mass is 10.1. The van der Waals surface area contributed by atoms with Crippen LogP contribution >= 0.6 is 11.6 Å². The number of benzene rings is 2. The van der Waals surface area contributed by atoms with Crippen LogP contribution < -0.4 is 10.1 Å². The van der Waals surface area contributed by atoms with E-state index in [1.54, 1.807) is 25.1 Å². The van der Waals surface area contributed by atoms with Gasteiger partial charge < -0.3 is 13.9 Å². The fraction of sp³-hybridized carbons (Fsp3) is 0.150. The number of furan rings is 1. The van der Waals surface area contributed by atoms with Crippen molar-refractivity contribution in [1.82, 2.24) is 5.32 Å². The second kappa shape index (κ2) is 8.91. The number of halogens is 3. The summed E-state index contributed by atoms with van der Waals surface area (Å²) in [6.07, 6.45) is 0. The zero-order valence-corrected chi connectivity index (χ0v) is 16.2. The highest BCUT2D eigenvalue weighted by molar-refractivity contribution is 6.31. The third-order valence-electron chi connectivity index (χ3n) is 4.01. The summed E-state index contributed by atoms with van der Waals surface area (Å²) in [5, 5.41) is 3.12. The van der Waals surface area contributed by atoms with Crippen molar-refractivity contribution in [2.24, 2.45) is 0 Å². The maximum absolute atomic E-state index is 12.2. The second-order valence-corrected chi connectivity index (χ2v) is 6.49. The molecule has 0 saturated heterocycles. The molecule has 0 saturated carbocycles. The van der Waals surface area contributed by atoms with Gasteiger partial charge in [-0.05, 0) is 49.4 Å². The van der Waals surface area contributed by atoms with Crippen LogP contribution in [0.5, 0.6) is 5.75 Å². The van der Waals surface area contributed by atoms with Gasteiger partial charge >= 0.3 is 12.6 Å². The number of ether oxygens (including phenoxy) is 2. The Hall–Kier alpha value is -3.46. The number of carbonyl (C=O) groups excluding carboxylic acids is 3. The Balaban J connectivity index is 1.57. The third-order valence-corrected chi connectivity index (χ3v) is 4.25. The number of imide groups is 1. The van der Waals surface area contributed by atoms with Crippen LogP contribution in [0, 0.1) is 6.92 Å². The van der Waals surface area contributed by atoms with Crippen LogP contribution in [0.2, 0.25) is 5.02 Å². The third kappa shape index (κ3) is 4.93. The molecule has 2 amide bonds. The number of alkyl halides is 2. The molecule has 156 valence electrons. The van der Waals surface area contributed by atoms with Crippen molar-refractivity contribution in [1.29, 1.82) is 0 Å². The molecule has 1 N–H and O–H groups in total. The summed E-state index contributed by atoms with van der Waals surface area (Å²) in [6, 6.07) is 9.56. The number of carbonyl (C=O) groups is 3. The van der Waals surface area contributed by atoms with E-state index >= 15 is 0 Å². The minimum absolute atomic E-state index is 0.0290. The molecule has 0 atom stereocenters. The van der Waals surface area contributed by atoms with Crippen LogP contribution in [0.25, 0.3) is 11.0 Å². The van der Waals surface area contributed by atoms with Gasteiger partial charge in [-0.1, -0.05) is 11.6 Å². The van der Waals surface area contributed by atoms with Gasteiger partial charge in [0.15, 0.2) is 6.61 Å². The molecule has 0 radical (unpaired) electrons. The Morgan fingerprint density at radius 1 is 1.13 bits per heavy atom. The normalized spacial score (nSPS) is 10.8. The average molecular weight is 438 g/mol. The molecule has 3 rings (SSSR count). The zero-order chi connectivity index (χ0) is 21.8. The van der Waals surface area contributed by atoms with Crippen molar-refractivity contribution in [3.05, 3.63) is 64.4 Å². The summed E-state index contributed by atoms with van der Waals surface area (Å²) in [5.41, 5.74) is 0.962. The Bertz CT molecular complexity index is 1110. The monoisotopic (exact) mass is 437 g/mol. The van der Waals surface area contributed by atoms with Gasteiger partial charge in [0.2, 0.25) is 5.76 Å². The lowest BCUT2D eigenvalue weighted by Crippen LogP contribution is -2.34. The first-order valence-corrected chi connectivity index (χ1v) is 8.87. The van der Waals surface area contributed by atoms with Crippen LogP contribution in [-0.4, -0.2) is 31.0 Å². The summed E-state index contributed by atoms with van der Waals surface area (Å²) in [7, 11) is 0. The molecule has 10 heteroatoms. The molecule has 0 aliphatic heterocycles. The number of aryl methyl sites for hydroxylation is 1. The van der Waals surface area contributed by atoms with Crippen LogP contribution in [0.3, 0.4) is 0 Å². The number of esters is 1. The number of hydrogen-bond donors (Lipinski definition) is 1. The van der Waals surface area contributed by atoms with E-state index in [0.717, 1.165) is 12.1 Å². The summed E-state index contributed by atoms with van der Waals surface area (Å²) >= 11 is 5.93. The summed E-state index contributed by atoms with van der Waals surface area (Å²) < 4.78 is 38.8. The number of amides is 2. The van der Waals surface area contributed by atoms with Crippen molar-refractivity contribution in [3.8, 4) is 5.75 Å². The van der Waals surface area contributed by atoms with Gasteiger partial charge in [0.05, 0.1) is 0 Å². The van der Waals surface area contributed by atoms with Gasteiger partial charge in [-0.2, -0.15) is 8.78 Å². The van der Waals surface area contributed by atoms with Gasteiger partial charge in [0, 0.05) is 21.5 Å². The maximum atomic E-state index is 12.2. The molecular formula is C20H14ClF2NO6. The molecule has 0 unspecified atom stereocenters. The van der Waals surface area contributed by atoms with E-state index in [4.69, 9.17) is 20.8 Å². The molecule has 0 fully saturated rings. The fourth-order valence-electron chi connectivity index (χ4n) is 2.61. The number of rotatable bonds is 6.